The van der Waals surface area contributed by atoms with E-state index in [0.29, 0.717) is 24.1 Å². The molecule has 4 heteroatoms. The lowest BCUT2D eigenvalue weighted by Crippen LogP contribution is -2.26. The molecule has 0 aromatic carbocycles. The molecule has 0 aromatic rings. The zero-order chi connectivity index (χ0) is 12.2. The van der Waals surface area contributed by atoms with Crippen LogP contribution in [0.3, 0.4) is 0 Å². The first-order valence-corrected chi connectivity index (χ1v) is 8.10. The lowest BCUT2D eigenvalue weighted by molar-refractivity contribution is 0.337. The van der Waals surface area contributed by atoms with Gasteiger partial charge in [-0.3, -0.25) is 0 Å². The summed E-state index contributed by atoms with van der Waals surface area (Å²) in [6, 6.07) is 0. The predicted molar refractivity (Wildman–Crippen MR) is 68.0 cm³/mol. The van der Waals surface area contributed by atoms with Crippen LogP contribution in [0.5, 0.6) is 0 Å². The summed E-state index contributed by atoms with van der Waals surface area (Å²) in [5, 5.41) is -0.255. The van der Waals surface area contributed by atoms with E-state index in [-0.39, 0.29) is 5.25 Å². The number of hydrogen-bond acceptors (Lipinski definition) is 3. The van der Waals surface area contributed by atoms with Gasteiger partial charge < -0.3 is 5.73 Å². The van der Waals surface area contributed by atoms with Gasteiger partial charge in [0, 0.05) is 0 Å². The van der Waals surface area contributed by atoms with E-state index in [0.717, 1.165) is 6.42 Å². The van der Waals surface area contributed by atoms with Crippen molar-refractivity contribution in [2.24, 2.45) is 17.6 Å². The van der Waals surface area contributed by atoms with E-state index in [2.05, 4.69) is 0 Å². The second-order valence-electron chi connectivity index (χ2n) is 5.24. The molecule has 1 unspecified atom stereocenters. The summed E-state index contributed by atoms with van der Waals surface area (Å²) in [6.45, 7) is 4.14. The molecule has 0 heterocycles. The van der Waals surface area contributed by atoms with Crippen LogP contribution in [0.2, 0.25) is 0 Å². The highest BCUT2D eigenvalue weighted by molar-refractivity contribution is 7.91. The van der Waals surface area contributed by atoms with Crippen molar-refractivity contribution in [3.8, 4) is 0 Å². The molecule has 1 aliphatic rings. The van der Waals surface area contributed by atoms with Crippen molar-refractivity contribution in [3.63, 3.8) is 0 Å². The predicted octanol–water partition coefficient (Wildman–Crippen LogP) is 1.96. The molecule has 0 radical (unpaired) electrons. The van der Waals surface area contributed by atoms with Crippen molar-refractivity contribution in [1.29, 1.82) is 0 Å². The monoisotopic (exact) mass is 247 g/mol. The average Bonchev–Trinajstić information content (AvgIpc) is 2.71. The summed E-state index contributed by atoms with van der Waals surface area (Å²) in [4.78, 5) is 0. The summed E-state index contributed by atoms with van der Waals surface area (Å²) in [5.74, 6) is 1.40. The minimum Gasteiger partial charge on any atom is -0.330 e. The summed E-state index contributed by atoms with van der Waals surface area (Å²) in [6.07, 6.45) is 5.81. The van der Waals surface area contributed by atoms with E-state index in [4.69, 9.17) is 5.73 Å². The smallest absolute Gasteiger partial charge is 0.152 e. The van der Waals surface area contributed by atoms with Gasteiger partial charge in [0.05, 0.1) is 11.0 Å². The Morgan fingerprint density at radius 2 is 1.81 bits per heavy atom. The zero-order valence-electron chi connectivity index (χ0n) is 10.5. The molecule has 0 aromatic heterocycles. The molecule has 0 saturated heterocycles. The first kappa shape index (κ1) is 14.0. The maximum Gasteiger partial charge on any atom is 0.152 e. The van der Waals surface area contributed by atoms with Crippen LogP contribution in [0.15, 0.2) is 0 Å². The largest absolute Gasteiger partial charge is 0.330 e. The van der Waals surface area contributed by atoms with Crippen LogP contribution in [0.1, 0.15) is 46.0 Å². The molecule has 0 aliphatic heterocycles. The quantitative estimate of drug-likeness (QED) is 0.780. The third kappa shape index (κ3) is 3.74. The topological polar surface area (TPSA) is 60.2 Å². The van der Waals surface area contributed by atoms with Gasteiger partial charge in [0.25, 0.3) is 0 Å². The van der Waals surface area contributed by atoms with E-state index in [9.17, 15) is 8.42 Å². The van der Waals surface area contributed by atoms with Gasteiger partial charge in [0.15, 0.2) is 9.84 Å². The molecule has 0 bridgehead atoms. The summed E-state index contributed by atoms with van der Waals surface area (Å²) in [7, 11) is -2.89. The standard InChI is InChI=1S/C12H25NO2S/c1-10(2)16(14,15)8-7-12(9-13)11-5-3-4-6-11/h10-12H,3-9,13H2,1-2H3. The highest BCUT2D eigenvalue weighted by atomic mass is 32.2. The molecule has 1 fully saturated rings. The first-order chi connectivity index (χ1) is 7.47. The lowest BCUT2D eigenvalue weighted by Gasteiger charge is -2.22. The fraction of sp³-hybridized carbons (Fsp3) is 1.00. The molecule has 1 atom stereocenters. The maximum atomic E-state index is 11.7. The van der Waals surface area contributed by atoms with Crippen molar-refractivity contribution in [1.82, 2.24) is 0 Å². The van der Waals surface area contributed by atoms with Gasteiger partial charge in [0.2, 0.25) is 0 Å². The number of hydrogen-bond donors (Lipinski definition) is 1. The normalized spacial score (nSPS) is 20.5. The third-order valence-corrected chi connectivity index (χ3v) is 6.10. The van der Waals surface area contributed by atoms with Crippen molar-refractivity contribution in [2.45, 2.75) is 51.2 Å². The Labute approximate surface area is 99.7 Å². The van der Waals surface area contributed by atoms with Crippen LogP contribution in [-0.4, -0.2) is 26.0 Å². The van der Waals surface area contributed by atoms with Crippen molar-refractivity contribution in [3.05, 3.63) is 0 Å². The van der Waals surface area contributed by atoms with Crippen LogP contribution < -0.4 is 5.73 Å². The Kier molecular flexibility index (Phi) is 5.25. The van der Waals surface area contributed by atoms with Gasteiger partial charge in [-0.2, -0.15) is 0 Å². The van der Waals surface area contributed by atoms with Gasteiger partial charge >= 0.3 is 0 Å². The highest BCUT2D eigenvalue weighted by Gasteiger charge is 2.26. The Balaban J connectivity index is 2.45. The Morgan fingerprint density at radius 1 is 1.25 bits per heavy atom. The molecule has 3 nitrogen and oxygen atoms in total. The number of rotatable bonds is 6. The number of sulfone groups is 1. The first-order valence-electron chi connectivity index (χ1n) is 6.39. The van der Waals surface area contributed by atoms with E-state index in [1.165, 1.54) is 25.7 Å². The molecule has 0 spiro atoms. The van der Waals surface area contributed by atoms with Crippen molar-refractivity contribution < 1.29 is 8.42 Å². The molecular formula is C12H25NO2S. The van der Waals surface area contributed by atoms with E-state index in [1.807, 2.05) is 0 Å². The minimum atomic E-state index is -2.89. The van der Waals surface area contributed by atoms with E-state index in [1.54, 1.807) is 13.8 Å². The second kappa shape index (κ2) is 6.01. The van der Waals surface area contributed by atoms with Crippen LogP contribution in [0, 0.1) is 11.8 Å². The second-order valence-corrected chi connectivity index (χ2v) is 7.92. The molecular weight excluding hydrogens is 222 g/mol. The summed E-state index contributed by atoms with van der Waals surface area (Å²) < 4.78 is 23.4. The molecule has 1 rings (SSSR count). The molecule has 1 saturated carbocycles. The van der Waals surface area contributed by atoms with Crippen LogP contribution in [0.4, 0.5) is 0 Å². The Bertz CT molecular complexity index is 292. The van der Waals surface area contributed by atoms with E-state index >= 15 is 0 Å². The van der Waals surface area contributed by atoms with Crippen molar-refractivity contribution in [2.75, 3.05) is 12.3 Å². The SMILES string of the molecule is CC(C)S(=O)(=O)CCC(CN)C1CCCC1. The third-order valence-electron chi connectivity index (χ3n) is 3.86. The zero-order valence-corrected chi connectivity index (χ0v) is 11.3. The van der Waals surface area contributed by atoms with E-state index < -0.39 is 9.84 Å². The average molecular weight is 247 g/mol. The number of nitrogens with two attached hydrogens (primary N) is 1. The van der Waals surface area contributed by atoms with Gasteiger partial charge in [-0.05, 0) is 38.6 Å². The molecule has 2 N–H and O–H groups in total. The maximum absolute atomic E-state index is 11.7. The molecule has 16 heavy (non-hydrogen) atoms. The lowest BCUT2D eigenvalue weighted by atomic mass is 9.89. The Morgan fingerprint density at radius 3 is 2.25 bits per heavy atom. The fourth-order valence-electron chi connectivity index (χ4n) is 2.53. The highest BCUT2D eigenvalue weighted by Crippen LogP contribution is 2.32. The minimum absolute atomic E-state index is 0.255. The van der Waals surface area contributed by atoms with Crippen LogP contribution in [-0.2, 0) is 9.84 Å². The van der Waals surface area contributed by atoms with Gasteiger partial charge in [-0.25, -0.2) is 8.42 Å². The summed E-state index contributed by atoms with van der Waals surface area (Å²) >= 11 is 0. The van der Waals surface area contributed by atoms with Crippen molar-refractivity contribution >= 4 is 9.84 Å². The van der Waals surface area contributed by atoms with Gasteiger partial charge in [-0.15, -0.1) is 0 Å². The molecule has 96 valence electrons. The van der Waals surface area contributed by atoms with Gasteiger partial charge in [0.1, 0.15) is 0 Å². The Hall–Kier alpha value is -0.0900. The molecule has 1 aliphatic carbocycles. The fourth-order valence-corrected chi connectivity index (χ4v) is 3.63. The molecule has 0 amide bonds. The van der Waals surface area contributed by atoms with Gasteiger partial charge in [-0.1, -0.05) is 25.7 Å². The van der Waals surface area contributed by atoms with Crippen LogP contribution >= 0.6 is 0 Å². The van der Waals surface area contributed by atoms with Crippen LogP contribution in [0.25, 0.3) is 0 Å². The summed E-state index contributed by atoms with van der Waals surface area (Å²) in [5.41, 5.74) is 5.76.